The van der Waals surface area contributed by atoms with E-state index in [1.807, 2.05) is 0 Å². The van der Waals surface area contributed by atoms with Gasteiger partial charge in [0.2, 0.25) is 5.91 Å². The van der Waals surface area contributed by atoms with Crippen molar-refractivity contribution in [1.82, 2.24) is 10.2 Å². The predicted octanol–water partition coefficient (Wildman–Crippen LogP) is 3.13. The van der Waals surface area contributed by atoms with Crippen LogP contribution in [0.2, 0.25) is 0 Å². The van der Waals surface area contributed by atoms with Crippen LogP contribution in [0.3, 0.4) is 0 Å². The molecular formula is C20H24N2O. The fourth-order valence-corrected chi connectivity index (χ4v) is 3.74. The number of likely N-dealkylation sites (tertiary alicyclic amines) is 1. The van der Waals surface area contributed by atoms with Crippen LogP contribution in [0, 0.1) is 0 Å². The zero-order valence-corrected chi connectivity index (χ0v) is 13.5. The van der Waals surface area contributed by atoms with E-state index in [4.69, 9.17) is 0 Å². The number of hydrogen-bond acceptors (Lipinski definition) is 2. The van der Waals surface area contributed by atoms with E-state index in [-0.39, 0.29) is 5.91 Å². The van der Waals surface area contributed by atoms with Crippen molar-refractivity contribution in [3.63, 3.8) is 0 Å². The summed E-state index contributed by atoms with van der Waals surface area (Å²) in [6, 6.07) is 16.1. The van der Waals surface area contributed by atoms with Gasteiger partial charge in [-0.2, -0.15) is 0 Å². The maximum Gasteiger partial charge on any atom is 0.234 e. The highest BCUT2D eigenvalue weighted by molar-refractivity contribution is 5.85. The summed E-state index contributed by atoms with van der Waals surface area (Å²) in [6.07, 6.45) is 5.75. The molecule has 1 saturated heterocycles. The summed E-state index contributed by atoms with van der Waals surface area (Å²) in [4.78, 5) is 14.5. The van der Waals surface area contributed by atoms with Gasteiger partial charge in [0.05, 0.1) is 6.54 Å². The molecule has 1 amide bonds. The van der Waals surface area contributed by atoms with E-state index in [0.29, 0.717) is 18.6 Å². The minimum absolute atomic E-state index is 0.206. The standard InChI is InChI=1S/C20H24N2O/c23-20(21-17-10-11-17)14-22-12-4-8-18(22)13-16-7-3-6-15-5-1-2-9-19(15)16/h1-3,5-7,9,17-18H,4,8,10-14H2,(H,21,23)/t18-/m0/s1. The Morgan fingerprint density at radius 1 is 1.09 bits per heavy atom. The molecule has 1 N–H and O–H groups in total. The molecule has 3 nitrogen and oxygen atoms in total. The normalized spacial score (nSPS) is 21.7. The maximum absolute atomic E-state index is 12.1. The molecule has 1 heterocycles. The van der Waals surface area contributed by atoms with Crippen molar-refractivity contribution in [2.45, 2.75) is 44.2 Å². The highest BCUT2D eigenvalue weighted by Gasteiger charge is 2.29. The van der Waals surface area contributed by atoms with Crippen molar-refractivity contribution in [3.8, 4) is 0 Å². The molecule has 4 rings (SSSR count). The number of fused-ring (bicyclic) bond motifs is 1. The summed E-state index contributed by atoms with van der Waals surface area (Å²) in [5.41, 5.74) is 1.41. The quantitative estimate of drug-likeness (QED) is 0.920. The van der Waals surface area contributed by atoms with Gasteiger partial charge in [0.15, 0.2) is 0 Å². The van der Waals surface area contributed by atoms with E-state index in [9.17, 15) is 4.79 Å². The molecule has 3 heteroatoms. The summed E-state index contributed by atoms with van der Waals surface area (Å²) >= 11 is 0. The largest absolute Gasteiger partial charge is 0.352 e. The lowest BCUT2D eigenvalue weighted by molar-refractivity contribution is -0.122. The zero-order valence-electron chi connectivity index (χ0n) is 13.5. The average molecular weight is 308 g/mol. The van der Waals surface area contributed by atoms with Crippen LogP contribution in [0.25, 0.3) is 10.8 Å². The van der Waals surface area contributed by atoms with Gasteiger partial charge in [-0.25, -0.2) is 0 Å². The van der Waals surface area contributed by atoms with Crippen LogP contribution in [0.1, 0.15) is 31.2 Å². The number of benzene rings is 2. The lowest BCUT2D eigenvalue weighted by atomic mass is 9.98. The number of nitrogens with zero attached hydrogens (tertiary/aromatic N) is 1. The van der Waals surface area contributed by atoms with Crippen LogP contribution < -0.4 is 5.32 Å². The molecule has 2 fully saturated rings. The Morgan fingerprint density at radius 3 is 2.78 bits per heavy atom. The van der Waals surface area contributed by atoms with Crippen LogP contribution >= 0.6 is 0 Å². The number of rotatable bonds is 5. The monoisotopic (exact) mass is 308 g/mol. The van der Waals surface area contributed by atoms with Gasteiger partial charge in [-0.15, -0.1) is 0 Å². The molecule has 0 spiro atoms. The lowest BCUT2D eigenvalue weighted by Crippen LogP contribution is -2.41. The first kappa shape index (κ1) is 14.7. The second-order valence-electron chi connectivity index (χ2n) is 6.95. The summed E-state index contributed by atoms with van der Waals surface area (Å²) in [7, 11) is 0. The van der Waals surface area contributed by atoms with Crippen LogP contribution in [0.15, 0.2) is 42.5 Å². The molecule has 1 saturated carbocycles. The highest BCUT2D eigenvalue weighted by Crippen LogP contribution is 2.26. The van der Waals surface area contributed by atoms with Gasteiger partial charge in [0, 0.05) is 12.1 Å². The van der Waals surface area contributed by atoms with Gasteiger partial charge < -0.3 is 5.32 Å². The van der Waals surface area contributed by atoms with Crippen molar-refractivity contribution in [1.29, 1.82) is 0 Å². The van der Waals surface area contributed by atoms with Crippen LogP contribution in [-0.4, -0.2) is 36.0 Å². The van der Waals surface area contributed by atoms with E-state index in [1.54, 1.807) is 0 Å². The number of carbonyl (C=O) groups is 1. The first-order chi connectivity index (χ1) is 11.3. The summed E-state index contributed by atoms with van der Waals surface area (Å²) in [5, 5.41) is 5.77. The molecule has 2 aliphatic rings. The molecule has 1 aliphatic heterocycles. The molecular weight excluding hydrogens is 284 g/mol. The van der Waals surface area contributed by atoms with Crippen LogP contribution in [-0.2, 0) is 11.2 Å². The molecule has 2 aromatic rings. The molecule has 0 radical (unpaired) electrons. The van der Waals surface area contributed by atoms with Gasteiger partial charge in [-0.3, -0.25) is 9.69 Å². The second kappa shape index (κ2) is 6.32. The van der Waals surface area contributed by atoms with Gasteiger partial charge in [0.25, 0.3) is 0 Å². The molecule has 1 atom stereocenters. The fourth-order valence-electron chi connectivity index (χ4n) is 3.74. The van der Waals surface area contributed by atoms with Crippen molar-refractivity contribution in [2.24, 2.45) is 0 Å². The van der Waals surface area contributed by atoms with Crippen molar-refractivity contribution < 1.29 is 4.79 Å². The van der Waals surface area contributed by atoms with Crippen molar-refractivity contribution in [2.75, 3.05) is 13.1 Å². The Bertz CT molecular complexity index is 702. The highest BCUT2D eigenvalue weighted by atomic mass is 16.2. The summed E-state index contributed by atoms with van der Waals surface area (Å²) in [6.45, 7) is 1.61. The summed E-state index contributed by atoms with van der Waals surface area (Å²) in [5.74, 6) is 0.206. The predicted molar refractivity (Wildman–Crippen MR) is 93.4 cm³/mol. The van der Waals surface area contributed by atoms with Gasteiger partial charge in [-0.1, -0.05) is 42.5 Å². The van der Waals surface area contributed by atoms with E-state index in [1.165, 1.54) is 29.2 Å². The summed E-state index contributed by atoms with van der Waals surface area (Å²) < 4.78 is 0. The van der Waals surface area contributed by atoms with Crippen molar-refractivity contribution in [3.05, 3.63) is 48.0 Å². The molecule has 120 valence electrons. The van der Waals surface area contributed by atoms with Crippen LogP contribution in [0.5, 0.6) is 0 Å². The Labute approximate surface area is 137 Å². The smallest absolute Gasteiger partial charge is 0.234 e. The molecule has 0 bridgehead atoms. The van der Waals surface area contributed by atoms with E-state index in [0.717, 1.165) is 25.8 Å². The molecule has 0 unspecified atom stereocenters. The number of hydrogen-bond donors (Lipinski definition) is 1. The Balaban J connectivity index is 1.46. The lowest BCUT2D eigenvalue weighted by Gasteiger charge is -2.24. The first-order valence-electron chi connectivity index (χ1n) is 8.79. The maximum atomic E-state index is 12.1. The number of nitrogens with one attached hydrogen (secondary N) is 1. The topological polar surface area (TPSA) is 32.3 Å². The first-order valence-corrected chi connectivity index (χ1v) is 8.79. The van der Waals surface area contributed by atoms with E-state index in [2.05, 4.69) is 52.7 Å². The van der Waals surface area contributed by atoms with E-state index >= 15 is 0 Å². The Morgan fingerprint density at radius 2 is 1.91 bits per heavy atom. The second-order valence-corrected chi connectivity index (χ2v) is 6.95. The van der Waals surface area contributed by atoms with Gasteiger partial charge in [0.1, 0.15) is 0 Å². The minimum Gasteiger partial charge on any atom is -0.352 e. The third-order valence-electron chi connectivity index (χ3n) is 5.12. The molecule has 1 aliphatic carbocycles. The van der Waals surface area contributed by atoms with Crippen molar-refractivity contribution >= 4 is 16.7 Å². The minimum atomic E-state index is 0.206. The van der Waals surface area contributed by atoms with Gasteiger partial charge >= 0.3 is 0 Å². The third-order valence-corrected chi connectivity index (χ3v) is 5.12. The fraction of sp³-hybridized carbons (Fsp3) is 0.450. The SMILES string of the molecule is O=C(CN1CCC[C@H]1Cc1cccc2ccccc12)NC1CC1. The van der Waals surface area contributed by atoms with Crippen LogP contribution in [0.4, 0.5) is 0 Å². The molecule has 23 heavy (non-hydrogen) atoms. The molecule has 0 aromatic heterocycles. The number of amides is 1. The molecule has 2 aromatic carbocycles. The number of carbonyl (C=O) groups excluding carboxylic acids is 1. The third kappa shape index (κ3) is 3.40. The Hall–Kier alpha value is -1.87. The van der Waals surface area contributed by atoms with E-state index < -0.39 is 0 Å². The van der Waals surface area contributed by atoms with Gasteiger partial charge in [-0.05, 0) is 55.0 Å². The zero-order chi connectivity index (χ0) is 15.6. The average Bonchev–Trinajstić information content (AvgIpc) is 3.27. The Kier molecular flexibility index (Phi) is 4.04.